The molecule has 2 atom stereocenters. The predicted molar refractivity (Wildman–Crippen MR) is 92.4 cm³/mol. The summed E-state index contributed by atoms with van der Waals surface area (Å²) in [6, 6.07) is 10.9. The topological polar surface area (TPSA) is 95.6 Å². The van der Waals surface area contributed by atoms with Crippen molar-refractivity contribution in [3.63, 3.8) is 0 Å². The fraction of sp³-hybridized carbons (Fsp3) is 0.222. The van der Waals surface area contributed by atoms with E-state index in [0.717, 1.165) is 5.56 Å². The molecule has 0 fully saturated rings. The summed E-state index contributed by atoms with van der Waals surface area (Å²) in [5, 5.41) is 33.4. The highest BCUT2D eigenvalue weighted by atomic mass is 19.1. The number of aliphatic hydroxyl groups is 2. The maximum absolute atomic E-state index is 12.8. The molecular formula is C18H19FN2O4. The molecule has 7 heteroatoms. The van der Waals surface area contributed by atoms with Crippen LogP contribution in [0.3, 0.4) is 0 Å². The predicted octanol–water partition coefficient (Wildman–Crippen LogP) is 2.43. The number of nitrogens with one attached hydrogen (secondary N) is 1. The summed E-state index contributed by atoms with van der Waals surface area (Å²) in [5.74, 6) is -0.304. The van der Waals surface area contributed by atoms with Crippen molar-refractivity contribution in [2.24, 2.45) is 0 Å². The molecular weight excluding hydrogens is 327 g/mol. The molecule has 132 valence electrons. The van der Waals surface area contributed by atoms with Gasteiger partial charge in [0.25, 0.3) is 5.69 Å². The highest BCUT2D eigenvalue weighted by Crippen LogP contribution is 2.20. The number of benzene rings is 2. The second kappa shape index (κ2) is 9.03. The number of aliphatic hydroxyl groups excluding tert-OH is 2. The van der Waals surface area contributed by atoms with E-state index >= 15 is 0 Å². The number of hydrogen-bond donors (Lipinski definition) is 3. The molecule has 25 heavy (non-hydrogen) atoms. The Labute approximate surface area is 144 Å². The number of nitrogens with zero attached hydrogens (tertiary/aromatic N) is 1. The Bertz CT molecular complexity index is 717. The van der Waals surface area contributed by atoms with E-state index < -0.39 is 17.1 Å². The standard InChI is InChI=1S/C18H19FN2O4/c19-15-7-3-13(4-8-15)2-1-11-20-17(12-22)18(23)14-5-9-16(10-6-14)21(24)25/h1-10,17-18,20,22-23H,11-12H2/b2-1+. The van der Waals surface area contributed by atoms with Gasteiger partial charge in [0.15, 0.2) is 0 Å². The zero-order valence-corrected chi connectivity index (χ0v) is 13.4. The van der Waals surface area contributed by atoms with Crippen LogP contribution in [0, 0.1) is 15.9 Å². The molecule has 0 saturated heterocycles. The maximum Gasteiger partial charge on any atom is 0.269 e. The molecule has 0 bridgehead atoms. The van der Waals surface area contributed by atoms with Crippen molar-refractivity contribution in [2.75, 3.05) is 13.2 Å². The molecule has 3 N–H and O–H groups in total. The van der Waals surface area contributed by atoms with Crippen LogP contribution in [0.2, 0.25) is 0 Å². The smallest absolute Gasteiger partial charge is 0.269 e. The molecule has 0 radical (unpaired) electrons. The zero-order valence-electron chi connectivity index (χ0n) is 13.4. The third-order valence-corrected chi connectivity index (χ3v) is 3.70. The largest absolute Gasteiger partial charge is 0.395 e. The highest BCUT2D eigenvalue weighted by molar-refractivity contribution is 5.49. The van der Waals surface area contributed by atoms with Crippen molar-refractivity contribution in [1.82, 2.24) is 5.32 Å². The second-order valence-corrected chi connectivity index (χ2v) is 5.44. The lowest BCUT2D eigenvalue weighted by Gasteiger charge is -2.22. The summed E-state index contributed by atoms with van der Waals surface area (Å²) in [5.41, 5.74) is 1.24. The first kappa shape index (κ1) is 18.7. The van der Waals surface area contributed by atoms with Gasteiger partial charge in [-0.05, 0) is 35.4 Å². The van der Waals surface area contributed by atoms with E-state index in [0.29, 0.717) is 12.1 Å². The average molecular weight is 346 g/mol. The molecule has 6 nitrogen and oxygen atoms in total. The Morgan fingerprint density at radius 1 is 1.16 bits per heavy atom. The first-order valence-corrected chi connectivity index (χ1v) is 7.70. The third kappa shape index (κ3) is 5.46. The summed E-state index contributed by atoms with van der Waals surface area (Å²) in [7, 11) is 0. The molecule has 0 aliphatic heterocycles. The van der Waals surface area contributed by atoms with E-state index in [4.69, 9.17) is 0 Å². The number of halogens is 1. The lowest BCUT2D eigenvalue weighted by Crippen LogP contribution is -2.38. The minimum absolute atomic E-state index is 0.0633. The lowest BCUT2D eigenvalue weighted by atomic mass is 10.0. The van der Waals surface area contributed by atoms with Crippen LogP contribution in [0.1, 0.15) is 17.2 Å². The number of rotatable bonds is 8. The SMILES string of the molecule is O=[N+]([O-])c1ccc(C(O)C(CO)NC/C=C/c2ccc(F)cc2)cc1. The van der Waals surface area contributed by atoms with E-state index in [1.165, 1.54) is 36.4 Å². The van der Waals surface area contributed by atoms with Crippen molar-refractivity contribution in [1.29, 1.82) is 0 Å². The number of nitro benzene ring substituents is 1. The Morgan fingerprint density at radius 2 is 1.80 bits per heavy atom. The van der Waals surface area contributed by atoms with Crippen molar-refractivity contribution in [3.05, 3.63) is 81.7 Å². The first-order valence-electron chi connectivity index (χ1n) is 7.70. The normalized spacial score (nSPS) is 13.7. The lowest BCUT2D eigenvalue weighted by molar-refractivity contribution is -0.384. The summed E-state index contributed by atoms with van der Waals surface area (Å²) in [6.07, 6.45) is 2.57. The summed E-state index contributed by atoms with van der Waals surface area (Å²) >= 11 is 0. The summed E-state index contributed by atoms with van der Waals surface area (Å²) in [4.78, 5) is 10.1. The number of nitro groups is 1. The van der Waals surface area contributed by atoms with Gasteiger partial charge in [-0.2, -0.15) is 0 Å². The van der Waals surface area contributed by atoms with Crippen LogP contribution in [0.5, 0.6) is 0 Å². The van der Waals surface area contributed by atoms with Gasteiger partial charge in [0, 0.05) is 18.7 Å². The Kier molecular flexibility index (Phi) is 6.76. The van der Waals surface area contributed by atoms with Gasteiger partial charge in [0.2, 0.25) is 0 Å². The van der Waals surface area contributed by atoms with Gasteiger partial charge >= 0.3 is 0 Å². The van der Waals surface area contributed by atoms with Gasteiger partial charge < -0.3 is 15.5 Å². The minimum atomic E-state index is -1.01. The fourth-order valence-electron chi connectivity index (χ4n) is 2.29. The first-order chi connectivity index (χ1) is 12.0. The van der Waals surface area contributed by atoms with Crippen molar-refractivity contribution in [3.8, 4) is 0 Å². The summed E-state index contributed by atoms with van der Waals surface area (Å²) in [6.45, 7) is 0.0786. The second-order valence-electron chi connectivity index (χ2n) is 5.44. The fourth-order valence-corrected chi connectivity index (χ4v) is 2.29. The van der Waals surface area contributed by atoms with Gasteiger partial charge in [-0.3, -0.25) is 10.1 Å². The van der Waals surface area contributed by atoms with Gasteiger partial charge in [0.1, 0.15) is 5.82 Å². The number of non-ortho nitro benzene ring substituents is 1. The Balaban J connectivity index is 1.92. The molecule has 0 aliphatic rings. The van der Waals surface area contributed by atoms with Crippen molar-refractivity contribution >= 4 is 11.8 Å². The molecule has 0 saturated carbocycles. The zero-order chi connectivity index (χ0) is 18.2. The highest BCUT2D eigenvalue weighted by Gasteiger charge is 2.20. The number of hydrogen-bond acceptors (Lipinski definition) is 5. The van der Waals surface area contributed by atoms with Crippen LogP contribution in [0.15, 0.2) is 54.6 Å². The third-order valence-electron chi connectivity index (χ3n) is 3.70. The Morgan fingerprint density at radius 3 is 2.36 bits per heavy atom. The van der Waals surface area contributed by atoms with Crippen LogP contribution in [0.25, 0.3) is 6.08 Å². The van der Waals surface area contributed by atoms with Crippen molar-refractivity contribution < 1.29 is 19.5 Å². The molecule has 0 amide bonds. The molecule has 0 spiro atoms. The monoisotopic (exact) mass is 346 g/mol. The van der Waals surface area contributed by atoms with Crippen LogP contribution in [-0.4, -0.2) is 34.3 Å². The van der Waals surface area contributed by atoms with E-state index in [-0.39, 0.29) is 18.1 Å². The van der Waals surface area contributed by atoms with Gasteiger partial charge in [-0.1, -0.05) is 24.3 Å². The average Bonchev–Trinajstić information content (AvgIpc) is 2.63. The Hall–Kier alpha value is -2.61. The van der Waals surface area contributed by atoms with Crippen LogP contribution >= 0.6 is 0 Å². The molecule has 2 rings (SSSR count). The summed E-state index contributed by atoms with van der Waals surface area (Å²) < 4.78 is 12.8. The molecule has 2 aromatic carbocycles. The molecule has 0 aromatic heterocycles. The van der Waals surface area contributed by atoms with E-state index in [1.807, 2.05) is 0 Å². The molecule has 0 aliphatic carbocycles. The quantitative estimate of drug-likeness (QED) is 0.504. The van der Waals surface area contributed by atoms with Crippen LogP contribution in [0.4, 0.5) is 10.1 Å². The minimum Gasteiger partial charge on any atom is -0.395 e. The van der Waals surface area contributed by atoms with Crippen LogP contribution in [-0.2, 0) is 0 Å². The van der Waals surface area contributed by atoms with E-state index in [2.05, 4.69) is 5.32 Å². The van der Waals surface area contributed by atoms with E-state index in [9.17, 15) is 24.7 Å². The van der Waals surface area contributed by atoms with Gasteiger partial charge in [-0.15, -0.1) is 0 Å². The van der Waals surface area contributed by atoms with E-state index in [1.54, 1.807) is 24.3 Å². The molecule has 0 heterocycles. The maximum atomic E-state index is 12.8. The molecule has 2 unspecified atom stereocenters. The van der Waals surface area contributed by atoms with Crippen LogP contribution < -0.4 is 5.32 Å². The van der Waals surface area contributed by atoms with Gasteiger partial charge in [0.05, 0.1) is 23.7 Å². The molecule has 2 aromatic rings. The van der Waals surface area contributed by atoms with Gasteiger partial charge in [-0.25, -0.2) is 4.39 Å². The van der Waals surface area contributed by atoms with Crippen molar-refractivity contribution in [2.45, 2.75) is 12.1 Å².